The normalized spacial score (nSPS) is 10.1. The van der Waals surface area contributed by atoms with E-state index in [0.717, 1.165) is 11.1 Å². The fourth-order valence-corrected chi connectivity index (χ4v) is 2.58. The lowest BCUT2D eigenvalue weighted by molar-refractivity contribution is -0.136. The number of hydrogen-bond acceptors (Lipinski definition) is 5. The first-order valence-electron chi connectivity index (χ1n) is 9.31. The van der Waals surface area contributed by atoms with Gasteiger partial charge in [-0.1, -0.05) is 12.1 Å². The second-order valence-corrected chi connectivity index (χ2v) is 6.95. The van der Waals surface area contributed by atoms with Gasteiger partial charge in [0.1, 0.15) is 0 Å². The third kappa shape index (κ3) is 6.73. The van der Waals surface area contributed by atoms with Crippen molar-refractivity contribution in [1.82, 2.24) is 4.90 Å². The maximum atomic E-state index is 12.2. The minimum Gasteiger partial charge on any atom is -0.452 e. The highest BCUT2D eigenvalue weighted by atomic mass is 16.5. The minimum atomic E-state index is -0.675. The smallest absolute Gasteiger partial charge is 0.338 e. The van der Waals surface area contributed by atoms with Crippen LogP contribution >= 0.6 is 0 Å². The van der Waals surface area contributed by atoms with Crippen molar-refractivity contribution >= 4 is 35.1 Å². The van der Waals surface area contributed by atoms with Gasteiger partial charge in [-0.2, -0.15) is 0 Å². The first-order chi connectivity index (χ1) is 14.2. The van der Waals surface area contributed by atoms with Crippen molar-refractivity contribution in [1.29, 1.82) is 0 Å². The lowest BCUT2D eigenvalue weighted by Crippen LogP contribution is -2.37. The summed E-state index contributed by atoms with van der Waals surface area (Å²) >= 11 is 0. The number of anilines is 2. The monoisotopic (exact) mass is 411 g/mol. The number of esters is 1. The molecule has 0 aliphatic heterocycles. The molecule has 0 saturated heterocycles. The summed E-state index contributed by atoms with van der Waals surface area (Å²) in [5.74, 6) is -1.75. The summed E-state index contributed by atoms with van der Waals surface area (Å²) in [5, 5.41) is 5.36. The highest BCUT2D eigenvalue weighted by Crippen LogP contribution is 2.16. The maximum Gasteiger partial charge on any atom is 0.338 e. The summed E-state index contributed by atoms with van der Waals surface area (Å²) in [7, 11) is 1.46. The molecule has 0 aromatic heterocycles. The molecule has 158 valence electrons. The van der Waals surface area contributed by atoms with Crippen molar-refractivity contribution in [2.24, 2.45) is 0 Å². The largest absolute Gasteiger partial charge is 0.452 e. The molecule has 0 atom stereocenters. The van der Waals surface area contributed by atoms with Gasteiger partial charge in [0.15, 0.2) is 6.61 Å². The standard InChI is InChI=1S/C22H25N3O5/c1-14-5-6-15(2)19(11-14)24-20(27)12-25(4)21(28)13-30-22(29)17-7-9-18(10-8-17)23-16(3)26/h5-11H,12-13H2,1-4H3,(H,23,26)(H,24,27). The molecule has 3 amide bonds. The molecule has 0 radical (unpaired) electrons. The number of benzene rings is 2. The van der Waals surface area contributed by atoms with Gasteiger partial charge in [0.05, 0.1) is 12.1 Å². The van der Waals surface area contributed by atoms with E-state index >= 15 is 0 Å². The lowest BCUT2D eigenvalue weighted by atomic mass is 10.1. The van der Waals surface area contributed by atoms with Crippen LogP contribution in [0.5, 0.6) is 0 Å². The van der Waals surface area contributed by atoms with Gasteiger partial charge >= 0.3 is 5.97 Å². The number of aryl methyl sites for hydroxylation is 2. The van der Waals surface area contributed by atoms with Crippen LogP contribution in [0.2, 0.25) is 0 Å². The van der Waals surface area contributed by atoms with Crippen molar-refractivity contribution in [2.75, 3.05) is 30.8 Å². The molecular weight excluding hydrogens is 386 g/mol. The summed E-state index contributed by atoms with van der Waals surface area (Å²) in [5.41, 5.74) is 3.41. The number of carbonyl (C=O) groups is 4. The molecule has 2 aromatic carbocycles. The van der Waals surface area contributed by atoms with Crippen LogP contribution in [-0.2, 0) is 19.1 Å². The quantitative estimate of drug-likeness (QED) is 0.681. The Morgan fingerprint density at radius 3 is 2.27 bits per heavy atom. The zero-order chi connectivity index (χ0) is 22.3. The number of nitrogens with one attached hydrogen (secondary N) is 2. The molecule has 0 saturated carbocycles. The predicted molar refractivity (Wildman–Crippen MR) is 113 cm³/mol. The van der Waals surface area contributed by atoms with Crippen LogP contribution in [0, 0.1) is 13.8 Å². The van der Waals surface area contributed by atoms with Crippen LogP contribution in [0.15, 0.2) is 42.5 Å². The summed E-state index contributed by atoms with van der Waals surface area (Å²) in [6.07, 6.45) is 0. The van der Waals surface area contributed by atoms with E-state index in [1.54, 1.807) is 12.1 Å². The number of rotatable bonds is 7. The van der Waals surface area contributed by atoms with Crippen molar-refractivity contribution in [2.45, 2.75) is 20.8 Å². The summed E-state index contributed by atoms with van der Waals surface area (Å²) in [4.78, 5) is 48.7. The Labute approximate surface area is 175 Å². The van der Waals surface area contributed by atoms with Crippen LogP contribution in [0.3, 0.4) is 0 Å². The highest BCUT2D eigenvalue weighted by molar-refractivity contribution is 5.96. The molecule has 2 rings (SSSR count). The summed E-state index contributed by atoms with van der Waals surface area (Å²) in [6, 6.07) is 11.8. The SMILES string of the molecule is CC(=O)Nc1ccc(C(=O)OCC(=O)N(C)CC(=O)Nc2cc(C)ccc2C)cc1. The molecule has 0 bridgehead atoms. The lowest BCUT2D eigenvalue weighted by Gasteiger charge is -2.17. The Kier molecular flexibility index (Phi) is 7.69. The third-order valence-electron chi connectivity index (χ3n) is 4.24. The average molecular weight is 411 g/mol. The van der Waals surface area contributed by atoms with Gasteiger partial charge in [0.25, 0.3) is 5.91 Å². The van der Waals surface area contributed by atoms with Crippen LogP contribution in [0.4, 0.5) is 11.4 Å². The van der Waals surface area contributed by atoms with Gasteiger partial charge in [-0.25, -0.2) is 4.79 Å². The van der Waals surface area contributed by atoms with Crippen molar-refractivity contribution in [3.63, 3.8) is 0 Å². The molecule has 8 heteroatoms. The zero-order valence-corrected chi connectivity index (χ0v) is 17.4. The van der Waals surface area contributed by atoms with E-state index < -0.39 is 18.5 Å². The third-order valence-corrected chi connectivity index (χ3v) is 4.24. The molecule has 8 nitrogen and oxygen atoms in total. The van der Waals surface area contributed by atoms with Crippen LogP contribution in [-0.4, -0.2) is 48.8 Å². The van der Waals surface area contributed by atoms with Crippen LogP contribution in [0.1, 0.15) is 28.4 Å². The first kappa shape index (κ1) is 22.6. The molecule has 0 heterocycles. The van der Waals surface area contributed by atoms with Gasteiger partial charge < -0.3 is 20.3 Å². The van der Waals surface area contributed by atoms with E-state index in [2.05, 4.69) is 10.6 Å². The van der Waals surface area contributed by atoms with Gasteiger partial charge in [-0.15, -0.1) is 0 Å². The molecule has 0 spiro atoms. The Morgan fingerprint density at radius 2 is 1.63 bits per heavy atom. The fourth-order valence-electron chi connectivity index (χ4n) is 2.58. The number of ether oxygens (including phenoxy) is 1. The van der Waals surface area contributed by atoms with E-state index in [1.165, 1.54) is 31.0 Å². The van der Waals surface area contributed by atoms with Gasteiger partial charge in [-0.05, 0) is 55.3 Å². The first-order valence-corrected chi connectivity index (χ1v) is 9.31. The van der Waals surface area contributed by atoms with Crippen LogP contribution < -0.4 is 10.6 Å². The van der Waals surface area contributed by atoms with Crippen molar-refractivity contribution < 1.29 is 23.9 Å². The van der Waals surface area contributed by atoms with Gasteiger partial charge in [0.2, 0.25) is 11.8 Å². The average Bonchev–Trinajstić information content (AvgIpc) is 2.68. The Hall–Kier alpha value is -3.68. The molecule has 2 N–H and O–H groups in total. The zero-order valence-electron chi connectivity index (χ0n) is 17.4. The molecule has 0 aliphatic rings. The second-order valence-electron chi connectivity index (χ2n) is 6.95. The molecule has 0 unspecified atom stereocenters. The van der Waals surface area contributed by atoms with E-state index in [0.29, 0.717) is 11.4 Å². The van der Waals surface area contributed by atoms with Crippen molar-refractivity contribution in [3.05, 3.63) is 59.2 Å². The molecule has 2 aromatic rings. The number of carbonyl (C=O) groups excluding carboxylic acids is 4. The molecule has 0 fully saturated rings. The van der Waals surface area contributed by atoms with E-state index in [1.807, 2.05) is 32.0 Å². The van der Waals surface area contributed by atoms with E-state index in [4.69, 9.17) is 4.74 Å². The second kappa shape index (κ2) is 10.2. The predicted octanol–water partition coefficient (Wildman–Crippen LogP) is 2.52. The maximum absolute atomic E-state index is 12.2. The Morgan fingerprint density at radius 1 is 0.967 bits per heavy atom. The molecular formula is C22H25N3O5. The number of hydrogen-bond donors (Lipinski definition) is 2. The Bertz CT molecular complexity index is 954. The summed E-state index contributed by atoms with van der Waals surface area (Å²) in [6.45, 7) is 4.53. The number of nitrogens with zero attached hydrogens (tertiary/aromatic N) is 1. The highest BCUT2D eigenvalue weighted by Gasteiger charge is 2.16. The van der Waals surface area contributed by atoms with E-state index in [-0.39, 0.29) is 23.9 Å². The van der Waals surface area contributed by atoms with Crippen molar-refractivity contribution in [3.8, 4) is 0 Å². The summed E-state index contributed by atoms with van der Waals surface area (Å²) < 4.78 is 5.02. The van der Waals surface area contributed by atoms with Gasteiger partial charge in [-0.3, -0.25) is 14.4 Å². The number of likely N-dealkylation sites (N-methyl/N-ethyl adjacent to an activating group) is 1. The molecule has 30 heavy (non-hydrogen) atoms. The minimum absolute atomic E-state index is 0.171. The van der Waals surface area contributed by atoms with E-state index in [9.17, 15) is 19.2 Å². The number of amides is 3. The fraction of sp³-hybridized carbons (Fsp3) is 0.273. The topological polar surface area (TPSA) is 105 Å². The Balaban J connectivity index is 1.83. The van der Waals surface area contributed by atoms with Crippen LogP contribution in [0.25, 0.3) is 0 Å². The van der Waals surface area contributed by atoms with Gasteiger partial charge in [0, 0.05) is 25.3 Å². The molecule has 0 aliphatic carbocycles.